The Morgan fingerprint density at radius 3 is 2.59 bits per heavy atom. The molecule has 3 heterocycles. The van der Waals surface area contributed by atoms with E-state index in [2.05, 4.69) is 11.4 Å². The SMILES string of the molecule is COc1ccccc1[C@H]1CC(=O)NC(SCC(=O)N2CCN(C(=O)c3ccco3)CC2)=C1C#N. The van der Waals surface area contributed by atoms with Crippen molar-refractivity contribution < 1.29 is 23.5 Å². The number of amides is 3. The molecule has 2 aliphatic heterocycles. The number of furan rings is 1. The number of nitrogens with one attached hydrogen (secondary N) is 1. The molecule has 1 atom stereocenters. The predicted molar refractivity (Wildman–Crippen MR) is 125 cm³/mol. The van der Waals surface area contributed by atoms with E-state index in [9.17, 15) is 19.6 Å². The highest BCUT2D eigenvalue weighted by Gasteiger charge is 2.32. The Hall–Kier alpha value is -3.71. The van der Waals surface area contributed by atoms with Crippen LogP contribution in [0.25, 0.3) is 0 Å². The third-order valence-corrected chi connectivity index (χ3v) is 6.86. The van der Waals surface area contributed by atoms with Crippen molar-refractivity contribution in [3.8, 4) is 11.8 Å². The number of nitriles is 1. The van der Waals surface area contributed by atoms with Crippen LogP contribution in [0.5, 0.6) is 5.75 Å². The lowest BCUT2D eigenvalue weighted by atomic mass is 9.86. The Morgan fingerprint density at radius 2 is 1.91 bits per heavy atom. The van der Waals surface area contributed by atoms with Crippen molar-refractivity contribution in [2.75, 3.05) is 39.0 Å². The van der Waals surface area contributed by atoms with Crippen molar-refractivity contribution in [1.82, 2.24) is 15.1 Å². The summed E-state index contributed by atoms with van der Waals surface area (Å²) < 4.78 is 10.6. The molecule has 0 saturated carbocycles. The van der Waals surface area contributed by atoms with E-state index in [4.69, 9.17) is 9.15 Å². The summed E-state index contributed by atoms with van der Waals surface area (Å²) in [5, 5.41) is 13.0. The molecule has 0 aliphatic carbocycles. The summed E-state index contributed by atoms with van der Waals surface area (Å²) in [5.41, 5.74) is 1.17. The van der Waals surface area contributed by atoms with Gasteiger partial charge in [0.2, 0.25) is 11.8 Å². The third-order valence-electron chi connectivity index (χ3n) is 5.86. The summed E-state index contributed by atoms with van der Waals surface area (Å²) in [5.74, 6) is 0.00182. The van der Waals surface area contributed by atoms with Gasteiger partial charge in [-0.25, -0.2) is 0 Å². The number of carbonyl (C=O) groups excluding carboxylic acids is 3. The molecule has 0 unspecified atom stereocenters. The Kier molecular flexibility index (Phi) is 7.23. The first kappa shape index (κ1) is 23.4. The predicted octanol–water partition coefficient (Wildman–Crippen LogP) is 2.34. The van der Waals surface area contributed by atoms with Gasteiger partial charge in [-0.15, -0.1) is 0 Å². The van der Waals surface area contributed by atoms with Crippen LogP contribution in [0.4, 0.5) is 0 Å². The highest BCUT2D eigenvalue weighted by Crippen LogP contribution is 2.39. The van der Waals surface area contributed by atoms with Crippen molar-refractivity contribution >= 4 is 29.5 Å². The van der Waals surface area contributed by atoms with E-state index in [1.165, 1.54) is 6.26 Å². The van der Waals surface area contributed by atoms with Crippen molar-refractivity contribution in [1.29, 1.82) is 5.26 Å². The second-order valence-electron chi connectivity index (χ2n) is 7.84. The van der Waals surface area contributed by atoms with Gasteiger partial charge >= 0.3 is 0 Å². The molecule has 34 heavy (non-hydrogen) atoms. The molecule has 1 N–H and O–H groups in total. The van der Waals surface area contributed by atoms with Crippen LogP contribution < -0.4 is 10.1 Å². The lowest BCUT2D eigenvalue weighted by Crippen LogP contribution is -2.51. The Bertz CT molecular complexity index is 1150. The maximum atomic E-state index is 12.8. The number of para-hydroxylation sites is 1. The van der Waals surface area contributed by atoms with E-state index < -0.39 is 5.92 Å². The first-order valence-corrected chi connectivity index (χ1v) is 11.8. The van der Waals surface area contributed by atoms with Crippen molar-refractivity contribution in [2.24, 2.45) is 0 Å². The second kappa shape index (κ2) is 10.5. The van der Waals surface area contributed by atoms with Crippen molar-refractivity contribution in [3.63, 3.8) is 0 Å². The van der Waals surface area contributed by atoms with Gasteiger partial charge in [-0.05, 0) is 18.2 Å². The van der Waals surface area contributed by atoms with Gasteiger partial charge in [0.25, 0.3) is 5.91 Å². The van der Waals surface area contributed by atoms with Crippen LogP contribution in [0.3, 0.4) is 0 Å². The number of benzene rings is 1. The number of rotatable bonds is 6. The van der Waals surface area contributed by atoms with E-state index in [-0.39, 0.29) is 35.7 Å². The molecule has 0 spiro atoms. The minimum absolute atomic E-state index is 0.0750. The Labute approximate surface area is 201 Å². The summed E-state index contributed by atoms with van der Waals surface area (Å²) in [7, 11) is 1.55. The lowest BCUT2D eigenvalue weighted by Gasteiger charge is -2.34. The zero-order valence-corrected chi connectivity index (χ0v) is 19.5. The van der Waals surface area contributed by atoms with Crippen LogP contribution in [0.2, 0.25) is 0 Å². The van der Waals surface area contributed by atoms with Gasteiger partial charge in [0.15, 0.2) is 5.76 Å². The van der Waals surface area contributed by atoms with Crippen LogP contribution in [-0.2, 0) is 9.59 Å². The average molecular weight is 481 g/mol. The molecule has 1 saturated heterocycles. The fourth-order valence-electron chi connectivity index (χ4n) is 4.09. The molecule has 1 fully saturated rings. The van der Waals surface area contributed by atoms with Gasteiger partial charge in [0.1, 0.15) is 5.75 Å². The normalized spacial score (nSPS) is 18.4. The molecular formula is C24H24N4O5S. The summed E-state index contributed by atoms with van der Waals surface area (Å²) >= 11 is 1.15. The van der Waals surface area contributed by atoms with E-state index in [1.54, 1.807) is 35.1 Å². The monoisotopic (exact) mass is 480 g/mol. The summed E-state index contributed by atoms with van der Waals surface area (Å²) in [6, 6.07) is 12.8. The van der Waals surface area contributed by atoms with Crippen molar-refractivity contribution in [3.05, 3.63) is 64.6 Å². The van der Waals surface area contributed by atoms with Crippen LogP contribution in [0.1, 0.15) is 28.5 Å². The van der Waals surface area contributed by atoms with Gasteiger partial charge in [-0.2, -0.15) is 5.26 Å². The number of hydrogen-bond donors (Lipinski definition) is 1. The number of hydrogen-bond acceptors (Lipinski definition) is 7. The fourth-order valence-corrected chi connectivity index (χ4v) is 5.07. The maximum absolute atomic E-state index is 12.8. The van der Waals surface area contributed by atoms with E-state index >= 15 is 0 Å². The van der Waals surface area contributed by atoms with Crippen LogP contribution >= 0.6 is 11.8 Å². The smallest absolute Gasteiger partial charge is 0.289 e. The molecule has 2 aromatic rings. The summed E-state index contributed by atoms with van der Waals surface area (Å²) in [6.07, 6.45) is 1.59. The van der Waals surface area contributed by atoms with Gasteiger partial charge in [0.05, 0.1) is 35.8 Å². The molecule has 3 amide bonds. The number of carbonyl (C=O) groups is 3. The zero-order valence-electron chi connectivity index (χ0n) is 18.7. The van der Waals surface area contributed by atoms with Gasteiger partial charge in [0, 0.05) is 44.1 Å². The topological polar surface area (TPSA) is 116 Å². The van der Waals surface area contributed by atoms with Crippen LogP contribution in [-0.4, -0.2) is 66.6 Å². The van der Waals surface area contributed by atoms with E-state index in [0.29, 0.717) is 42.5 Å². The minimum Gasteiger partial charge on any atom is -0.496 e. The molecule has 176 valence electrons. The van der Waals surface area contributed by atoms with E-state index in [1.807, 2.05) is 18.2 Å². The standard InChI is InChI=1S/C24H24N4O5S/c1-32-19-6-3-2-5-16(19)17-13-21(29)26-23(18(17)14-25)34-15-22(30)27-8-10-28(11-9-27)24(31)20-7-4-12-33-20/h2-7,12,17H,8-11,13,15H2,1H3,(H,26,29)/t17-/m1/s1. The fraction of sp³-hybridized carbons (Fsp3) is 0.333. The number of allylic oxidation sites excluding steroid dienone is 1. The lowest BCUT2D eigenvalue weighted by molar-refractivity contribution is -0.129. The zero-order chi connectivity index (χ0) is 24.1. The number of nitrogens with zero attached hydrogens (tertiary/aromatic N) is 3. The first-order valence-electron chi connectivity index (χ1n) is 10.8. The number of ether oxygens (including phenoxy) is 1. The molecular weight excluding hydrogens is 456 g/mol. The Morgan fingerprint density at radius 1 is 1.18 bits per heavy atom. The van der Waals surface area contributed by atoms with Gasteiger partial charge in [-0.1, -0.05) is 30.0 Å². The van der Waals surface area contributed by atoms with Crippen LogP contribution in [0.15, 0.2) is 57.7 Å². The number of thioether (sulfide) groups is 1. The number of methoxy groups -OCH3 is 1. The molecule has 0 bridgehead atoms. The van der Waals surface area contributed by atoms with E-state index in [0.717, 1.165) is 17.3 Å². The van der Waals surface area contributed by atoms with Gasteiger partial charge < -0.3 is 24.3 Å². The maximum Gasteiger partial charge on any atom is 0.289 e. The molecule has 10 heteroatoms. The summed E-state index contributed by atoms with van der Waals surface area (Å²) in [4.78, 5) is 41.0. The highest BCUT2D eigenvalue weighted by atomic mass is 32.2. The molecule has 0 radical (unpaired) electrons. The molecule has 1 aromatic carbocycles. The molecule has 4 rings (SSSR count). The highest BCUT2D eigenvalue weighted by molar-refractivity contribution is 8.03. The largest absolute Gasteiger partial charge is 0.496 e. The van der Waals surface area contributed by atoms with Crippen LogP contribution in [0, 0.1) is 11.3 Å². The average Bonchev–Trinajstić information content (AvgIpc) is 3.41. The minimum atomic E-state index is -0.441. The van der Waals surface area contributed by atoms with Gasteiger partial charge in [-0.3, -0.25) is 14.4 Å². The summed E-state index contributed by atoms with van der Waals surface area (Å²) in [6.45, 7) is 1.64. The second-order valence-corrected chi connectivity index (χ2v) is 8.83. The molecule has 1 aromatic heterocycles. The quantitative estimate of drug-likeness (QED) is 0.675. The third kappa shape index (κ3) is 4.94. The Balaban J connectivity index is 1.40. The first-order chi connectivity index (χ1) is 16.5. The van der Waals surface area contributed by atoms with Crippen molar-refractivity contribution in [2.45, 2.75) is 12.3 Å². The molecule has 9 nitrogen and oxygen atoms in total. The molecule has 2 aliphatic rings. The number of piperazine rings is 1.